The summed E-state index contributed by atoms with van der Waals surface area (Å²) in [5.41, 5.74) is 0. The Bertz CT molecular complexity index is 282. The Kier molecular flexibility index (Phi) is 3.88. The molecule has 1 rings (SSSR count). The maximum atomic E-state index is 11.5. The third-order valence-corrected chi connectivity index (χ3v) is 2.58. The van der Waals surface area contributed by atoms with Gasteiger partial charge in [-0.2, -0.15) is 0 Å². The van der Waals surface area contributed by atoms with Crippen LogP contribution in [0.2, 0.25) is 0 Å². The first-order chi connectivity index (χ1) is 7.06. The molecule has 0 aliphatic heterocycles. The fraction of sp³-hybridized carbons (Fsp3) is 0.636. The van der Waals surface area contributed by atoms with E-state index in [9.17, 15) is 9.59 Å². The number of hydrogen-bond acceptors (Lipinski definition) is 3. The zero-order chi connectivity index (χ0) is 11.4. The smallest absolute Gasteiger partial charge is 0.313 e. The Morgan fingerprint density at radius 3 is 2.67 bits per heavy atom. The van der Waals surface area contributed by atoms with Crippen molar-refractivity contribution < 1.29 is 19.4 Å². The van der Waals surface area contributed by atoms with Gasteiger partial charge in [-0.05, 0) is 19.3 Å². The number of aliphatic carboxylic acids is 1. The summed E-state index contributed by atoms with van der Waals surface area (Å²) in [5, 5.41) is 9.00. The van der Waals surface area contributed by atoms with Crippen LogP contribution >= 0.6 is 0 Å². The molecule has 3 unspecified atom stereocenters. The van der Waals surface area contributed by atoms with Crippen molar-refractivity contribution in [2.45, 2.75) is 20.3 Å². The van der Waals surface area contributed by atoms with E-state index < -0.39 is 23.8 Å². The van der Waals surface area contributed by atoms with Crippen LogP contribution in [0.25, 0.3) is 0 Å². The zero-order valence-corrected chi connectivity index (χ0v) is 8.97. The van der Waals surface area contributed by atoms with Crippen LogP contribution in [0, 0.1) is 17.8 Å². The average Bonchev–Trinajstić information content (AvgIpc) is 2.17. The van der Waals surface area contributed by atoms with Crippen molar-refractivity contribution in [1.82, 2.24) is 0 Å². The number of carboxylic acid groups (broad SMARTS) is 1. The van der Waals surface area contributed by atoms with E-state index in [0.717, 1.165) is 0 Å². The molecule has 84 valence electrons. The molecule has 0 radical (unpaired) electrons. The average molecular weight is 212 g/mol. The van der Waals surface area contributed by atoms with Crippen molar-refractivity contribution in [3.63, 3.8) is 0 Å². The van der Waals surface area contributed by atoms with Crippen LogP contribution in [0.1, 0.15) is 20.3 Å². The van der Waals surface area contributed by atoms with Crippen LogP contribution in [0.15, 0.2) is 12.2 Å². The predicted molar refractivity (Wildman–Crippen MR) is 54.2 cm³/mol. The summed E-state index contributed by atoms with van der Waals surface area (Å²) < 4.78 is 4.84. The van der Waals surface area contributed by atoms with Crippen LogP contribution in [-0.4, -0.2) is 23.7 Å². The molecule has 1 aliphatic carbocycles. The molecular weight excluding hydrogens is 196 g/mol. The molecule has 0 saturated carbocycles. The van der Waals surface area contributed by atoms with E-state index in [0.29, 0.717) is 6.42 Å². The van der Waals surface area contributed by atoms with Crippen molar-refractivity contribution in [3.8, 4) is 0 Å². The SMILES string of the molecule is CCOC(=O)C1C=CC(C)CC1C(=O)O. The lowest BCUT2D eigenvalue weighted by Gasteiger charge is -2.25. The van der Waals surface area contributed by atoms with Gasteiger partial charge in [0.15, 0.2) is 0 Å². The third kappa shape index (κ3) is 2.81. The van der Waals surface area contributed by atoms with Crippen LogP contribution < -0.4 is 0 Å². The van der Waals surface area contributed by atoms with Crippen LogP contribution in [0.3, 0.4) is 0 Å². The van der Waals surface area contributed by atoms with Gasteiger partial charge in [-0.3, -0.25) is 9.59 Å². The van der Waals surface area contributed by atoms with Crippen LogP contribution in [-0.2, 0) is 14.3 Å². The van der Waals surface area contributed by atoms with E-state index in [2.05, 4.69) is 0 Å². The monoisotopic (exact) mass is 212 g/mol. The van der Waals surface area contributed by atoms with Gasteiger partial charge in [0.2, 0.25) is 0 Å². The largest absolute Gasteiger partial charge is 0.481 e. The maximum Gasteiger partial charge on any atom is 0.313 e. The number of carbonyl (C=O) groups excluding carboxylic acids is 1. The van der Waals surface area contributed by atoms with Gasteiger partial charge in [0.1, 0.15) is 0 Å². The number of carbonyl (C=O) groups is 2. The molecule has 0 aromatic heterocycles. The van der Waals surface area contributed by atoms with Crippen LogP contribution in [0.4, 0.5) is 0 Å². The minimum absolute atomic E-state index is 0.205. The third-order valence-electron chi connectivity index (χ3n) is 2.58. The Hall–Kier alpha value is -1.32. The highest BCUT2D eigenvalue weighted by Crippen LogP contribution is 2.29. The first kappa shape index (κ1) is 11.8. The van der Waals surface area contributed by atoms with Crippen molar-refractivity contribution in [1.29, 1.82) is 0 Å². The zero-order valence-electron chi connectivity index (χ0n) is 8.97. The lowest BCUT2D eigenvalue weighted by molar-refractivity contribution is -0.156. The molecule has 1 N–H and O–H groups in total. The first-order valence-electron chi connectivity index (χ1n) is 5.14. The molecule has 0 spiro atoms. The number of hydrogen-bond donors (Lipinski definition) is 1. The molecule has 4 nitrogen and oxygen atoms in total. The number of carboxylic acids is 1. The summed E-state index contributed by atoms with van der Waals surface area (Å²) >= 11 is 0. The minimum atomic E-state index is -0.927. The maximum absolute atomic E-state index is 11.5. The second-order valence-corrected chi connectivity index (χ2v) is 3.82. The summed E-state index contributed by atoms with van der Waals surface area (Å²) in [6.45, 7) is 3.93. The lowest BCUT2D eigenvalue weighted by atomic mass is 9.79. The second kappa shape index (κ2) is 4.96. The normalized spacial score (nSPS) is 29.9. The van der Waals surface area contributed by atoms with Crippen LogP contribution in [0.5, 0.6) is 0 Å². The molecule has 0 saturated heterocycles. The van der Waals surface area contributed by atoms with E-state index in [1.54, 1.807) is 13.0 Å². The summed E-state index contributed by atoms with van der Waals surface area (Å²) in [6.07, 6.45) is 4.03. The molecule has 4 heteroatoms. The molecule has 0 aromatic rings. The van der Waals surface area contributed by atoms with E-state index in [1.165, 1.54) is 0 Å². The highest BCUT2D eigenvalue weighted by Gasteiger charge is 2.36. The molecule has 0 heterocycles. The Morgan fingerprint density at radius 1 is 1.47 bits per heavy atom. The van der Waals surface area contributed by atoms with Gasteiger partial charge < -0.3 is 9.84 Å². The molecule has 0 bridgehead atoms. The predicted octanol–water partition coefficient (Wildman–Crippen LogP) is 1.46. The first-order valence-corrected chi connectivity index (χ1v) is 5.14. The van der Waals surface area contributed by atoms with E-state index in [4.69, 9.17) is 9.84 Å². The topological polar surface area (TPSA) is 63.6 Å². The molecule has 0 amide bonds. The van der Waals surface area contributed by atoms with E-state index in [-0.39, 0.29) is 12.5 Å². The molecule has 0 fully saturated rings. The van der Waals surface area contributed by atoms with Crippen molar-refractivity contribution in [2.24, 2.45) is 17.8 Å². The van der Waals surface area contributed by atoms with Crippen molar-refractivity contribution >= 4 is 11.9 Å². The fourth-order valence-corrected chi connectivity index (χ4v) is 1.80. The minimum Gasteiger partial charge on any atom is -0.481 e. The van der Waals surface area contributed by atoms with Crippen molar-refractivity contribution in [3.05, 3.63) is 12.2 Å². The molecular formula is C11H16O4. The summed E-state index contributed by atoms with van der Waals surface area (Å²) in [7, 11) is 0. The van der Waals surface area contributed by atoms with Gasteiger partial charge in [0.05, 0.1) is 18.4 Å². The van der Waals surface area contributed by atoms with Gasteiger partial charge >= 0.3 is 11.9 Å². The van der Waals surface area contributed by atoms with Gasteiger partial charge in [-0.25, -0.2) is 0 Å². The van der Waals surface area contributed by atoms with E-state index >= 15 is 0 Å². The standard InChI is InChI=1S/C11H16O4/c1-3-15-11(14)8-5-4-7(2)6-9(8)10(12)13/h4-5,7-9H,3,6H2,1-2H3,(H,12,13). The molecule has 3 atom stereocenters. The number of allylic oxidation sites excluding steroid dienone is 1. The second-order valence-electron chi connectivity index (χ2n) is 3.82. The highest BCUT2D eigenvalue weighted by molar-refractivity contribution is 5.83. The lowest BCUT2D eigenvalue weighted by Crippen LogP contribution is -2.33. The Morgan fingerprint density at radius 2 is 2.13 bits per heavy atom. The van der Waals surface area contributed by atoms with Gasteiger partial charge in [0.25, 0.3) is 0 Å². The van der Waals surface area contributed by atoms with Gasteiger partial charge in [-0.1, -0.05) is 19.1 Å². The molecule has 1 aliphatic rings. The number of rotatable bonds is 3. The van der Waals surface area contributed by atoms with Gasteiger partial charge in [0, 0.05) is 0 Å². The molecule has 15 heavy (non-hydrogen) atoms. The van der Waals surface area contributed by atoms with Crippen molar-refractivity contribution in [2.75, 3.05) is 6.61 Å². The number of ether oxygens (including phenoxy) is 1. The number of esters is 1. The Balaban J connectivity index is 2.79. The fourth-order valence-electron chi connectivity index (χ4n) is 1.80. The summed E-state index contributed by atoms with van der Waals surface area (Å²) in [6, 6.07) is 0. The summed E-state index contributed by atoms with van der Waals surface area (Å²) in [5.74, 6) is -2.43. The van der Waals surface area contributed by atoms with E-state index in [1.807, 2.05) is 13.0 Å². The van der Waals surface area contributed by atoms with Gasteiger partial charge in [-0.15, -0.1) is 0 Å². The quantitative estimate of drug-likeness (QED) is 0.568. The Labute approximate surface area is 88.9 Å². The summed E-state index contributed by atoms with van der Waals surface area (Å²) in [4.78, 5) is 22.5. The highest BCUT2D eigenvalue weighted by atomic mass is 16.5. The molecule has 0 aromatic carbocycles.